The molecule has 3 heterocycles. The lowest BCUT2D eigenvalue weighted by atomic mass is 9.99. The van der Waals surface area contributed by atoms with Gasteiger partial charge in [-0.1, -0.05) is 0 Å². The number of imidazole rings is 1. The Kier molecular flexibility index (Phi) is 5.87. The molecule has 1 unspecified atom stereocenters. The van der Waals surface area contributed by atoms with E-state index in [1.165, 1.54) is 0 Å². The van der Waals surface area contributed by atoms with Crippen LogP contribution in [0.1, 0.15) is 19.3 Å². The van der Waals surface area contributed by atoms with Crippen LogP contribution in [-0.4, -0.2) is 52.6 Å². The summed E-state index contributed by atoms with van der Waals surface area (Å²) in [5.74, 6) is 2.51. The predicted molar refractivity (Wildman–Crippen MR) is 109 cm³/mol. The monoisotopic (exact) mass is 415 g/mol. The van der Waals surface area contributed by atoms with E-state index in [-0.39, 0.29) is 12.7 Å². The van der Waals surface area contributed by atoms with Gasteiger partial charge in [-0.25, -0.2) is 9.78 Å². The normalized spacial score (nSPS) is 17.4. The average molecular weight is 415 g/mol. The van der Waals surface area contributed by atoms with E-state index in [2.05, 4.69) is 25.6 Å². The average Bonchev–Trinajstić information content (AvgIpc) is 3.38. The van der Waals surface area contributed by atoms with Crippen molar-refractivity contribution in [1.29, 1.82) is 0 Å². The first kappa shape index (κ1) is 19.8. The minimum atomic E-state index is -0.418. The summed E-state index contributed by atoms with van der Waals surface area (Å²) in [4.78, 5) is 24.7. The summed E-state index contributed by atoms with van der Waals surface area (Å²) in [7, 11) is 1.74. The van der Waals surface area contributed by atoms with Gasteiger partial charge in [0.05, 0.1) is 12.9 Å². The molecule has 4 rings (SSSR count). The van der Waals surface area contributed by atoms with Crippen LogP contribution in [0.15, 0.2) is 30.0 Å². The molecule has 1 fully saturated rings. The molecule has 0 spiro atoms. The van der Waals surface area contributed by atoms with Gasteiger partial charge in [0.1, 0.15) is 5.52 Å². The fourth-order valence-corrected chi connectivity index (χ4v) is 3.33. The van der Waals surface area contributed by atoms with Crippen LogP contribution in [0.25, 0.3) is 11.2 Å². The van der Waals surface area contributed by atoms with Crippen molar-refractivity contribution in [1.82, 2.24) is 24.8 Å². The number of anilines is 2. The summed E-state index contributed by atoms with van der Waals surface area (Å²) in [5.41, 5.74) is 7.18. The first-order valence-corrected chi connectivity index (χ1v) is 9.88. The molecule has 160 valence electrons. The first-order chi connectivity index (χ1) is 14.6. The highest BCUT2D eigenvalue weighted by atomic mass is 16.7. The van der Waals surface area contributed by atoms with Gasteiger partial charge in [0.15, 0.2) is 23.0 Å². The lowest BCUT2D eigenvalue weighted by Gasteiger charge is -2.16. The van der Waals surface area contributed by atoms with E-state index in [0.717, 1.165) is 30.8 Å². The van der Waals surface area contributed by atoms with Gasteiger partial charge < -0.3 is 35.1 Å². The standard InChI is InChI=1S/C19H25N7O4/c1-21-18-24-16(20)15-17(25-18)26(10-23-15)6-2-3-7-28-19(27)22-9-12-4-5-13-14(8-12)30-11-29-13/h5,8,10,12H,2-4,6-7,9,11H2,1H3,(H,22,27)(H3,20,21,24,25). The lowest BCUT2D eigenvalue weighted by Crippen LogP contribution is -2.30. The van der Waals surface area contributed by atoms with Crippen LogP contribution in [0, 0.1) is 5.92 Å². The molecule has 0 aromatic carbocycles. The van der Waals surface area contributed by atoms with Gasteiger partial charge in [-0.2, -0.15) is 9.97 Å². The number of alkyl carbamates (subject to hydrolysis) is 1. The second kappa shape index (κ2) is 8.89. The molecule has 4 N–H and O–H groups in total. The summed E-state index contributed by atoms with van der Waals surface area (Å²) in [5, 5.41) is 5.68. The predicted octanol–water partition coefficient (Wildman–Crippen LogP) is 1.75. The molecule has 11 nitrogen and oxygen atoms in total. The van der Waals surface area contributed by atoms with E-state index in [0.29, 0.717) is 42.6 Å². The van der Waals surface area contributed by atoms with Crippen LogP contribution in [0.2, 0.25) is 0 Å². The number of unbranched alkanes of at least 4 members (excludes halogenated alkanes) is 1. The van der Waals surface area contributed by atoms with Crippen LogP contribution in [0.5, 0.6) is 0 Å². The van der Waals surface area contributed by atoms with Crippen molar-refractivity contribution in [2.24, 2.45) is 5.92 Å². The molecule has 1 aliphatic heterocycles. The van der Waals surface area contributed by atoms with Crippen molar-refractivity contribution in [3.63, 3.8) is 0 Å². The van der Waals surface area contributed by atoms with Gasteiger partial charge in [0.2, 0.25) is 12.7 Å². The molecule has 1 saturated heterocycles. The molecule has 0 bridgehead atoms. The van der Waals surface area contributed by atoms with Gasteiger partial charge in [0, 0.05) is 26.1 Å². The molecule has 2 aliphatic rings. The zero-order valence-electron chi connectivity index (χ0n) is 16.8. The number of allylic oxidation sites excluding steroid dienone is 1. The second-order valence-corrected chi connectivity index (χ2v) is 7.02. The number of nitrogen functional groups attached to an aromatic ring is 1. The molecule has 1 atom stereocenters. The Morgan fingerprint density at radius 3 is 3.07 bits per heavy atom. The number of carbonyl (C=O) groups is 1. The van der Waals surface area contributed by atoms with E-state index in [1.807, 2.05) is 16.7 Å². The lowest BCUT2D eigenvalue weighted by molar-refractivity contribution is 0.0976. The third kappa shape index (κ3) is 4.39. The number of carbonyl (C=O) groups excluding carboxylic acids is 1. The number of nitrogens with zero attached hydrogens (tertiary/aromatic N) is 4. The number of aryl methyl sites for hydroxylation is 1. The largest absolute Gasteiger partial charge is 0.454 e. The van der Waals surface area contributed by atoms with Crippen molar-refractivity contribution < 1.29 is 19.0 Å². The quantitative estimate of drug-likeness (QED) is 0.550. The maximum absolute atomic E-state index is 11.9. The number of rotatable bonds is 8. The zero-order chi connectivity index (χ0) is 20.9. The molecule has 2 aromatic heterocycles. The summed E-state index contributed by atoms with van der Waals surface area (Å²) >= 11 is 0. The van der Waals surface area contributed by atoms with Gasteiger partial charge >= 0.3 is 6.09 Å². The minimum absolute atomic E-state index is 0.171. The number of hydrogen-bond acceptors (Lipinski definition) is 9. The second-order valence-electron chi connectivity index (χ2n) is 7.02. The molecule has 11 heteroatoms. The topological polar surface area (TPSA) is 138 Å². The number of ether oxygens (including phenoxy) is 3. The van der Waals surface area contributed by atoms with Gasteiger partial charge in [-0.3, -0.25) is 0 Å². The summed E-state index contributed by atoms with van der Waals surface area (Å²) in [6, 6.07) is 0. The smallest absolute Gasteiger partial charge is 0.407 e. The maximum atomic E-state index is 11.9. The Morgan fingerprint density at radius 1 is 1.33 bits per heavy atom. The Bertz CT molecular complexity index is 985. The maximum Gasteiger partial charge on any atom is 0.407 e. The van der Waals surface area contributed by atoms with E-state index >= 15 is 0 Å². The van der Waals surface area contributed by atoms with Crippen molar-refractivity contribution in [3.8, 4) is 0 Å². The number of nitrogens with one attached hydrogen (secondary N) is 2. The van der Waals surface area contributed by atoms with E-state index in [4.69, 9.17) is 19.9 Å². The van der Waals surface area contributed by atoms with E-state index in [9.17, 15) is 4.79 Å². The highest BCUT2D eigenvalue weighted by molar-refractivity contribution is 5.82. The highest BCUT2D eigenvalue weighted by Gasteiger charge is 2.23. The first-order valence-electron chi connectivity index (χ1n) is 9.88. The van der Waals surface area contributed by atoms with Crippen LogP contribution >= 0.6 is 0 Å². The molecule has 30 heavy (non-hydrogen) atoms. The number of fused-ring (bicyclic) bond motifs is 2. The highest BCUT2D eigenvalue weighted by Crippen LogP contribution is 2.28. The van der Waals surface area contributed by atoms with Gasteiger partial charge in [-0.05, 0) is 31.4 Å². The van der Waals surface area contributed by atoms with E-state index < -0.39 is 6.09 Å². The molecule has 0 saturated carbocycles. The van der Waals surface area contributed by atoms with Crippen molar-refractivity contribution >= 4 is 29.0 Å². The Hall–Kier alpha value is -3.50. The van der Waals surface area contributed by atoms with Crippen LogP contribution < -0.4 is 16.4 Å². The Labute approximate surface area is 173 Å². The van der Waals surface area contributed by atoms with Crippen molar-refractivity contribution in [3.05, 3.63) is 30.0 Å². The SMILES string of the molecule is CNc1nc(N)c2ncn(CCCCOC(=O)NCC3C=C4OCOC4=CC3)c2n1. The van der Waals surface area contributed by atoms with E-state index in [1.54, 1.807) is 13.4 Å². The van der Waals surface area contributed by atoms with Crippen LogP contribution in [0.4, 0.5) is 16.6 Å². The summed E-state index contributed by atoms with van der Waals surface area (Å²) in [6.07, 6.45) is 7.56. The number of aromatic nitrogens is 4. The number of hydrogen-bond donors (Lipinski definition) is 3. The van der Waals surface area contributed by atoms with Gasteiger partial charge in [0.25, 0.3) is 0 Å². The Balaban J connectivity index is 1.16. The number of amides is 1. The third-order valence-corrected chi connectivity index (χ3v) is 4.91. The molecule has 1 aliphatic carbocycles. The minimum Gasteiger partial charge on any atom is -0.454 e. The molecule has 0 radical (unpaired) electrons. The molecule has 1 amide bonds. The van der Waals surface area contributed by atoms with Crippen molar-refractivity contribution in [2.45, 2.75) is 25.8 Å². The van der Waals surface area contributed by atoms with Crippen LogP contribution in [-0.2, 0) is 20.8 Å². The Morgan fingerprint density at radius 2 is 2.20 bits per heavy atom. The van der Waals surface area contributed by atoms with Crippen molar-refractivity contribution in [2.75, 3.05) is 38.0 Å². The molecule has 2 aromatic rings. The van der Waals surface area contributed by atoms with Gasteiger partial charge in [-0.15, -0.1) is 0 Å². The fraction of sp³-hybridized carbons (Fsp3) is 0.474. The van der Waals surface area contributed by atoms with Crippen LogP contribution in [0.3, 0.4) is 0 Å². The number of nitrogens with two attached hydrogens (primary N) is 1. The molecular formula is C19H25N7O4. The summed E-state index contributed by atoms with van der Waals surface area (Å²) in [6.45, 7) is 1.77. The fourth-order valence-electron chi connectivity index (χ4n) is 3.33. The zero-order valence-corrected chi connectivity index (χ0v) is 16.8. The summed E-state index contributed by atoms with van der Waals surface area (Å²) < 4.78 is 17.9. The third-order valence-electron chi connectivity index (χ3n) is 4.91. The molecular weight excluding hydrogens is 390 g/mol.